The first-order chi connectivity index (χ1) is 15.6. The summed E-state index contributed by atoms with van der Waals surface area (Å²) in [4.78, 5) is 29.6. The van der Waals surface area contributed by atoms with Gasteiger partial charge in [-0.2, -0.15) is 0 Å². The SMILES string of the molecule is CNC(=O)c1cccc(C2Cc3nc(-c4ccc(N)nc4)nc(N4CCOCC4)c3S2)c1. The molecule has 9 heteroatoms. The standard InChI is InChI=1S/C23H24N6O2S/c1-25-23(30)15-4-2-3-14(11-15)18-12-17-20(32-18)22(29-7-9-31-10-8-29)28-21(27-17)16-5-6-19(24)26-13-16/h2-6,11,13,18H,7-10,12H2,1H3,(H2,24,26)(H,25,30). The van der Waals surface area contributed by atoms with Crippen molar-refractivity contribution in [3.63, 3.8) is 0 Å². The first-order valence-corrected chi connectivity index (χ1v) is 11.4. The molecule has 0 spiro atoms. The van der Waals surface area contributed by atoms with E-state index >= 15 is 0 Å². The topological polar surface area (TPSA) is 106 Å². The molecule has 1 fully saturated rings. The quantitative estimate of drug-likeness (QED) is 0.628. The van der Waals surface area contributed by atoms with Gasteiger partial charge in [0.25, 0.3) is 5.91 Å². The second kappa shape index (κ2) is 8.76. The van der Waals surface area contributed by atoms with Gasteiger partial charge >= 0.3 is 0 Å². The molecule has 164 valence electrons. The molecule has 2 aliphatic rings. The molecule has 1 amide bonds. The number of thioether (sulfide) groups is 1. The van der Waals surface area contributed by atoms with E-state index in [1.165, 1.54) is 0 Å². The van der Waals surface area contributed by atoms with Gasteiger partial charge in [-0.1, -0.05) is 12.1 Å². The summed E-state index contributed by atoms with van der Waals surface area (Å²) in [6.45, 7) is 2.94. The monoisotopic (exact) mass is 448 g/mol. The molecule has 3 aromatic rings. The number of carbonyl (C=O) groups excluding carboxylic acids is 1. The zero-order valence-corrected chi connectivity index (χ0v) is 18.6. The Bertz CT molecular complexity index is 1150. The number of morpholine rings is 1. The fourth-order valence-electron chi connectivity index (χ4n) is 3.97. The zero-order valence-electron chi connectivity index (χ0n) is 17.7. The highest BCUT2D eigenvalue weighted by Gasteiger charge is 2.32. The van der Waals surface area contributed by atoms with Crippen LogP contribution in [-0.2, 0) is 11.2 Å². The van der Waals surface area contributed by atoms with Crippen LogP contribution in [-0.4, -0.2) is 54.2 Å². The van der Waals surface area contributed by atoms with Crippen LogP contribution in [0.15, 0.2) is 47.5 Å². The van der Waals surface area contributed by atoms with Gasteiger partial charge in [0.05, 0.1) is 23.8 Å². The van der Waals surface area contributed by atoms with Crippen molar-refractivity contribution in [3.8, 4) is 11.4 Å². The van der Waals surface area contributed by atoms with Crippen LogP contribution in [0.2, 0.25) is 0 Å². The van der Waals surface area contributed by atoms with E-state index in [1.54, 1.807) is 31.1 Å². The first kappa shape index (κ1) is 20.7. The summed E-state index contributed by atoms with van der Waals surface area (Å²) in [5, 5.41) is 2.87. The van der Waals surface area contributed by atoms with Crippen LogP contribution in [0, 0.1) is 0 Å². The number of fused-ring (bicyclic) bond motifs is 1. The number of hydrogen-bond donors (Lipinski definition) is 2. The largest absolute Gasteiger partial charge is 0.384 e. The Morgan fingerprint density at radius 2 is 2.06 bits per heavy atom. The van der Waals surface area contributed by atoms with E-state index in [0.29, 0.717) is 30.4 Å². The third kappa shape index (κ3) is 4.01. The van der Waals surface area contributed by atoms with Gasteiger partial charge in [-0.15, -0.1) is 11.8 Å². The summed E-state index contributed by atoms with van der Waals surface area (Å²) in [7, 11) is 1.65. The minimum absolute atomic E-state index is 0.0840. The van der Waals surface area contributed by atoms with E-state index in [0.717, 1.165) is 47.0 Å². The highest BCUT2D eigenvalue weighted by molar-refractivity contribution is 8.00. The summed E-state index contributed by atoms with van der Waals surface area (Å²) in [6, 6.07) is 11.5. The predicted molar refractivity (Wildman–Crippen MR) is 125 cm³/mol. The lowest BCUT2D eigenvalue weighted by atomic mass is 10.0. The van der Waals surface area contributed by atoms with Gasteiger partial charge < -0.3 is 20.7 Å². The van der Waals surface area contributed by atoms with Crippen molar-refractivity contribution < 1.29 is 9.53 Å². The maximum Gasteiger partial charge on any atom is 0.251 e. The minimum atomic E-state index is -0.0840. The van der Waals surface area contributed by atoms with E-state index in [1.807, 2.05) is 24.3 Å². The Kier molecular flexibility index (Phi) is 5.67. The van der Waals surface area contributed by atoms with Crippen LogP contribution in [0.3, 0.4) is 0 Å². The second-order valence-corrected chi connectivity index (χ2v) is 8.95. The average molecular weight is 449 g/mol. The smallest absolute Gasteiger partial charge is 0.251 e. The number of ether oxygens (including phenoxy) is 1. The number of benzene rings is 1. The number of nitrogens with zero attached hydrogens (tertiary/aromatic N) is 4. The fraction of sp³-hybridized carbons (Fsp3) is 0.304. The molecule has 32 heavy (non-hydrogen) atoms. The van der Waals surface area contributed by atoms with Crippen molar-refractivity contribution >= 4 is 29.3 Å². The van der Waals surface area contributed by atoms with Crippen molar-refractivity contribution in [2.75, 3.05) is 44.0 Å². The summed E-state index contributed by atoms with van der Waals surface area (Å²) < 4.78 is 5.55. The van der Waals surface area contributed by atoms with Gasteiger partial charge in [-0.05, 0) is 29.8 Å². The number of nitrogens with two attached hydrogens (primary N) is 1. The van der Waals surface area contributed by atoms with Gasteiger partial charge in [0, 0.05) is 49.1 Å². The number of hydrogen-bond acceptors (Lipinski definition) is 8. The third-order valence-corrected chi connectivity index (χ3v) is 7.04. The van der Waals surface area contributed by atoms with Gasteiger partial charge in [0.15, 0.2) is 5.82 Å². The molecule has 1 aromatic carbocycles. The zero-order chi connectivity index (χ0) is 22.1. The van der Waals surface area contributed by atoms with E-state index in [-0.39, 0.29) is 11.2 Å². The maximum absolute atomic E-state index is 12.1. The van der Waals surface area contributed by atoms with Gasteiger partial charge in [0.2, 0.25) is 0 Å². The fourth-order valence-corrected chi connectivity index (χ4v) is 5.32. The summed E-state index contributed by atoms with van der Waals surface area (Å²) >= 11 is 1.77. The van der Waals surface area contributed by atoms with E-state index in [9.17, 15) is 4.79 Å². The van der Waals surface area contributed by atoms with Crippen LogP contribution >= 0.6 is 11.8 Å². The van der Waals surface area contributed by atoms with Crippen LogP contribution in [0.1, 0.15) is 26.9 Å². The number of nitrogen functional groups attached to an aromatic ring is 1. The number of amides is 1. The summed E-state index contributed by atoms with van der Waals surface area (Å²) in [6.07, 6.45) is 2.49. The van der Waals surface area contributed by atoms with Gasteiger partial charge in [0.1, 0.15) is 11.6 Å². The lowest BCUT2D eigenvalue weighted by molar-refractivity contribution is 0.0963. The molecule has 2 aliphatic heterocycles. The van der Waals surface area contributed by atoms with Crippen molar-refractivity contribution in [2.45, 2.75) is 16.6 Å². The number of rotatable bonds is 4. The predicted octanol–water partition coefficient (Wildman–Crippen LogP) is 2.71. The van der Waals surface area contributed by atoms with Crippen molar-refractivity contribution in [1.29, 1.82) is 0 Å². The highest BCUT2D eigenvalue weighted by atomic mass is 32.2. The molecule has 4 heterocycles. The molecule has 1 saturated heterocycles. The van der Waals surface area contributed by atoms with Gasteiger partial charge in [-0.25, -0.2) is 15.0 Å². The molecule has 3 N–H and O–H groups in total. The number of nitrogens with one attached hydrogen (secondary N) is 1. The number of carbonyl (C=O) groups is 1. The van der Waals surface area contributed by atoms with Crippen LogP contribution in [0.25, 0.3) is 11.4 Å². The normalized spacial score (nSPS) is 17.8. The Morgan fingerprint density at radius 1 is 1.22 bits per heavy atom. The first-order valence-electron chi connectivity index (χ1n) is 10.6. The van der Waals surface area contributed by atoms with E-state index < -0.39 is 0 Å². The highest BCUT2D eigenvalue weighted by Crippen LogP contribution is 2.50. The molecule has 0 aliphatic carbocycles. The molecule has 2 aromatic heterocycles. The summed E-state index contributed by atoms with van der Waals surface area (Å²) in [5.41, 5.74) is 9.39. The number of aromatic nitrogens is 3. The average Bonchev–Trinajstić information content (AvgIpc) is 3.28. The number of pyridine rings is 1. The molecule has 0 radical (unpaired) electrons. The molecule has 0 bridgehead atoms. The number of anilines is 2. The Morgan fingerprint density at radius 3 is 2.81 bits per heavy atom. The molecular weight excluding hydrogens is 424 g/mol. The Hall–Kier alpha value is -3.17. The van der Waals surface area contributed by atoms with Crippen molar-refractivity contribution in [3.05, 3.63) is 59.4 Å². The second-order valence-electron chi connectivity index (χ2n) is 7.73. The molecule has 0 saturated carbocycles. The Balaban J connectivity index is 1.53. The van der Waals surface area contributed by atoms with Crippen molar-refractivity contribution in [1.82, 2.24) is 20.3 Å². The summed E-state index contributed by atoms with van der Waals surface area (Å²) in [5.74, 6) is 1.98. The molecule has 1 atom stereocenters. The van der Waals surface area contributed by atoms with Crippen LogP contribution in [0.4, 0.5) is 11.6 Å². The van der Waals surface area contributed by atoms with Gasteiger partial charge in [-0.3, -0.25) is 4.79 Å². The molecule has 8 nitrogen and oxygen atoms in total. The van der Waals surface area contributed by atoms with Crippen molar-refractivity contribution in [2.24, 2.45) is 0 Å². The van der Waals surface area contributed by atoms with E-state index in [4.69, 9.17) is 20.4 Å². The lowest BCUT2D eigenvalue weighted by Gasteiger charge is -2.29. The lowest BCUT2D eigenvalue weighted by Crippen LogP contribution is -2.37. The third-order valence-electron chi connectivity index (χ3n) is 5.66. The van der Waals surface area contributed by atoms with E-state index in [2.05, 4.69) is 21.3 Å². The Labute approximate surface area is 190 Å². The maximum atomic E-state index is 12.1. The molecular formula is C23H24N6O2S. The molecule has 1 unspecified atom stereocenters. The molecule has 5 rings (SSSR count). The van der Waals surface area contributed by atoms with Crippen LogP contribution in [0.5, 0.6) is 0 Å². The van der Waals surface area contributed by atoms with Crippen LogP contribution < -0.4 is 16.0 Å². The minimum Gasteiger partial charge on any atom is -0.384 e.